The lowest BCUT2D eigenvalue weighted by Crippen LogP contribution is -2.59. The number of hydrogen-bond donors (Lipinski definition) is 2. The number of piperidine rings is 1. The Hall–Kier alpha value is -0.360. The molecule has 0 aromatic heterocycles. The van der Waals surface area contributed by atoms with Gasteiger partial charge in [-0.1, -0.05) is 12.8 Å². The average molecular weight is 346 g/mol. The summed E-state index contributed by atoms with van der Waals surface area (Å²) in [4.78, 5) is 15.0. The van der Waals surface area contributed by atoms with Gasteiger partial charge in [-0.25, -0.2) is 0 Å². The number of carbonyl (C=O) groups is 1. The van der Waals surface area contributed by atoms with E-state index in [-0.39, 0.29) is 18.3 Å². The third-order valence-corrected chi connectivity index (χ3v) is 5.75. The Morgan fingerprint density at radius 2 is 1.74 bits per heavy atom. The van der Waals surface area contributed by atoms with Crippen molar-refractivity contribution >= 4 is 18.3 Å². The number of nitrogens with two attached hydrogens (primary N) is 1. The van der Waals surface area contributed by atoms with Crippen LogP contribution < -0.4 is 11.1 Å². The highest BCUT2D eigenvalue weighted by atomic mass is 35.5. The molecule has 0 radical (unpaired) electrons. The summed E-state index contributed by atoms with van der Waals surface area (Å²) in [5.74, 6) is 0.950. The van der Waals surface area contributed by atoms with Gasteiger partial charge in [-0.15, -0.1) is 12.4 Å². The van der Waals surface area contributed by atoms with Crippen molar-refractivity contribution in [3.63, 3.8) is 0 Å². The predicted octanol–water partition coefficient (Wildman–Crippen LogP) is 1.69. The van der Waals surface area contributed by atoms with Crippen LogP contribution in [0.3, 0.4) is 0 Å². The van der Waals surface area contributed by atoms with Gasteiger partial charge in [-0.05, 0) is 44.4 Å². The van der Waals surface area contributed by atoms with Crippen LogP contribution >= 0.6 is 12.4 Å². The highest BCUT2D eigenvalue weighted by molar-refractivity contribution is 5.86. The number of amides is 1. The summed E-state index contributed by atoms with van der Waals surface area (Å²) in [5, 5.41) is 3.20. The maximum atomic E-state index is 12.4. The minimum atomic E-state index is -0.709. The van der Waals surface area contributed by atoms with Gasteiger partial charge >= 0.3 is 0 Å². The standard InChI is InChI=1S/C17H31N3O2.ClH/c18-17(7-11-22-12-8-17)16(21)19-15-5-9-20(10-6-15)13-14-3-1-2-4-14;/h14-15H,1-13,18H2,(H,19,21);1H. The van der Waals surface area contributed by atoms with Crippen molar-refractivity contribution in [1.29, 1.82) is 0 Å². The monoisotopic (exact) mass is 345 g/mol. The minimum absolute atomic E-state index is 0. The first-order chi connectivity index (χ1) is 10.7. The Labute approximate surface area is 146 Å². The van der Waals surface area contributed by atoms with Gasteiger partial charge in [0.05, 0.1) is 5.54 Å². The molecule has 3 N–H and O–H groups in total. The van der Waals surface area contributed by atoms with Crippen molar-refractivity contribution in [2.75, 3.05) is 32.8 Å². The van der Waals surface area contributed by atoms with E-state index < -0.39 is 5.54 Å². The minimum Gasteiger partial charge on any atom is -0.381 e. The number of rotatable bonds is 4. The molecule has 3 fully saturated rings. The van der Waals surface area contributed by atoms with Gasteiger partial charge in [0, 0.05) is 38.9 Å². The molecule has 2 saturated heterocycles. The van der Waals surface area contributed by atoms with Crippen LogP contribution in [0.15, 0.2) is 0 Å². The molecule has 0 aromatic rings. The molecular formula is C17H32ClN3O2. The van der Waals surface area contributed by atoms with E-state index in [4.69, 9.17) is 10.5 Å². The van der Waals surface area contributed by atoms with Crippen LogP contribution in [0.1, 0.15) is 51.4 Å². The second kappa shape index (κ2) is 8.65. The van der Waals surface area contributed by atoms with E-state index in [1.165, 1.54) is 32.2 Å². The van der Waals surface area contributed by atoms with Crippen molar-refractivity contribution in [2.45, 2.75) is 62.9 Å². The van der Waals surface area contributed by atoms with Gasteiger partial charge in [-0.3, -0.25) is 4.79 Å². The topological polar surface area (TPSA) is 67.6 Å². The Bertz CT molecular complexity index is 374. The van der Waals surface area contributed by atoms with Gasteiger partial charge in [0.1, 0.15) is 0 Å². The van der Waals surface area contributed by atoms with Crippen molar-refractivity contribution < 1.29 is 9.53 Å². The van der Waals surface area contributed by atoms with Crippen LogP contribution in [0.4, 0.5) is 0 Å². The summed E-state index contributed by atoms with van der Waals surface area (Å²) >= 11 is 0. The molecule has 0 atom stereocenters. The molecule has 6 heteroatoms. The van der Waals surface area contributed by atoms with Crippen LogP contribution in [0.5, 0.6) is 0 Å². The van der Waals surface area contributed by atoms with Gasteiger partial charge < -0.3 is 20.7 Å². The molecule has 0 unspecified atom stereocenters. The molecule has 1 aliphatic carbocycles. The van der Waals surface area contributed by atoms with E-state index in [1.807, 2.05) is 0 Å². The molecule has 0 spiro atoms. The summed E-state index contributed by atoms with van der Waals surface area (Å²) in [7, 11) is 0. The average Bonchev–Trinajstić information content (AvgIpc) is 3.03. The number of nitrogens with one attached hydrogen (secondary N) is 1. The fourth-order valence-corrected chi connectivity index (χ4v) is 4.11. The Morgan fingerprint density at radius 3 is 2.35 bits per heavy atom. The second-order valence-corrected chi connectivity index (χ2v) is 7.47. The third-order valence-electron chi connectivity index (χ3n) is 5.75. The molecule has 0 aromatic carbocycles. The first-order valence-electron chi connectivity index (χ1n) is 9.06. The lowest BCUT2D eigenvalue weighted by Gasteiger charge is -2.37. The second-order valence-electron chi connectivity index (χ2n) is 7.47. The van der Waals surface area contributed by atoms with Crippen molar-refractivity contribution in [3.8, 4) is 0 Å². The predicted molar refractivity (Wildman–Crippen MR) is 93.8 cm³/mol. The molecule has 2 heterocycles. The van der Waals surface area contributed by atoms with Crippen LogP contribution in [0.25, 0.3) is 0 Å². The largest absolute Gasteiger partial charge is 0.381 e. The fraction of sp³-hybridized carbons (Fsp3) is 0.941. The molecule has 5 nitrogen and oxygen atoms in total. The van der Waals surface area contributed by atoms with Crippen molar-refractivity contribution in [3.05, 3.63) is 0 Å². The molecule has 23 heavy (non-hydrogen) atoms. The normalized spacial score (nSPS) is 26.7. The summed E-state index contributed by atoms with van der Waals surface area (Å²) in [6.45, 7) is 4.69. The van der Waals surface area contributed by atoms with Gasteiger partial charge in [0.2, 0.25) is 5.91 Å². The molecule has 3 rings (SSSR count). The number of carbonyl (C=O) groups excluding carboxylic acids is 1. The zero-order valence-electron chi connectivity index (χ0n) is 14.1. The summed E-state index contributed by atoms with van der Waals surface area (Å²) < 4.78 is 5.32. The fourth-order valence-electron chi connectivity index (χ4n) is 4.11. The highest BCUT2D eigenvalue weighted by Gasteiger charge is 2.37. The van der Waals surface area contributed by atoms with E-state index >= 15 is 0 Å². The van der Waals surface area contributed by atoms with E-state index in [0.29, 0.717) is 32.1 Å². The SMILES string of the molecule is Cl.NC1(C(=O)NC2CCN(CC3CCCC3)CC2)CCOCC1. The Kier molecular flexibility index (Phi) is 7.14. The van der Waals surface area contributed by atoms with E-state index in [2.05, 4.69) is 10.2 Å². The Balaban J connectivity index is 0.00000192. The zero-order chi connectivity index (χ0) is 15.4. The van der Waals surface area contributed by atoms with Crippen LogP contribution in [0, 0.1) is 5.92 Å². The maximum Gasteiger partial charge on any atom is 0.240 e. The number of likely N-dealkylation sites (tertiary alicyclic amines) is 1. The lowest BCUT2D eigenvalue weighted by molar-refractivity contribution is -0.130. The number of ether oxygens (including phenoxy) is 1. The molecular weight excluding hydrogens is 314 g/mol. The Morgan fingerprint density at radius 1 is 1.13 bits per heavy atom. The van der Waals surface area contributed by atoms with Crippen molar-refractivity contribution in [1.82, 2.24) is 10.2 Å². The van der Waals surface area contributed by atoms with E-state index in [1.54, 1.807) is 0 Å². The van der Waals surface area contributed by atoms with E-state index in [0.717, 1.165) is 31.8 Å². The third kappa shape index (κ3) is 5.05. The first kappa shape index (κ1) is 19.0. The summed E-state index contributed by atoms with van der Waals surface area (Å²) in [5.41, 5.74) is 5.54. The van der Waals surface area contributed by atoms with Crippen molar-refractivity contribution in [2.24, 2.45) is 11.7 Å². The summed E-state index contributed by atoms with van der Waals surface area (Å²) in [6, 6.07) is 0.301. The quantitative estimate of drug-likeness (QED) is 0.813. The molecule has 1 amide bonds. The molecule has 1 saturated carbocycles. The van der Waals surface area contributed by atoms with Crippen LogP contribution in [-0.2, 0) is 9.53 Å². The highest BCUT2D eigenvalue weighted by Crippen LogP contribution is 2.26. The maximum absolute atomic E-state index is 12.4. The van der Waals surface area contributed by atoms with E-state index in [9.17, 15) is 4.79 Å². The zero-order valence-corrected chi connectivity index (χ0v) is 14.9. The van der Waals surface area contributed by atoms with Gasteiger partial charge in [0.15, 0.2) is 0 Å². The lowest BCUT2D eigenvalue weighted by atomic mass is 9.89. The van der Waals surface area contributed by atoms with Gasteiger partial charge in [0.25, 0.3) is 0 Å². The molecule has 0 bridgehead atoms. The van der Waals surface area contributed by atoms with Crippen LogP contribution in [-0.4, -0.2) is 55.2 Å². The first-order valence-corrected chi connectivity index (χ1v) is 9.06. The number of hydrogen-bond acceptors (Lipinski definition) is 4. The molecule has 3 aliphatic rings. The van der Waals surface area contributed by atoms with Gasteiger partial charge in [-0.2, -0.15) is 0 Å². The smallest absolute Gasteiger partial charge is 0.240 e. The van der Waals surface area contributed by atoms with Crippen LogP contribution in [0.2, 0.25) is 0 Å². The molecule has 2 aliphatic heterocycles. The summed E-state index contributed by atoms with van der Waals surface area (Å²) in [6.07, 6.45) is 9.05. The molecule has 134 valence electrons. The number of halogens is 1. The number of nitrogens with zero attached hydrogens (tertiary/aromatic N) is 1.